The van der Waals surface area contributed by atoms with Crippen molar-refractivity contribution in [2.75, 3.05) is 26.4 Å². The largest absolute Gasteiger partial charge is 0.494 e. The van der Waals surface area contributed by atoms with Crippen molar-refractivity contribution >= 4 is 0 Å². The van der Waals surface area contributed by atoms with Crippen LogP contribution < -0.4 is 4.74 Å². The molecule has 104 valence electrons. The molecule has 0 unspecified atom stereocenters. The maximum Gasteiger partial charge on any atom is 0.119 e. The molecule has 1 N–H and O–H groups in total. The Bertz CT molecular complexity index is 424. The minimum Gasteiger partial charge on any atom is -0.494 e. The predicted octanol–water partition coefficient (Wildman–Crippen LogP) is 2.52. The van der Waals surface area contributed by atoms with E-state index in [1.807, 2.05) is 19.1 Å². The lowest BCUT2D eigenvalue weighted by molar-refractivity contribution is -0.173. The molecule has 2 fully saturated rings. The lowest BCUT2D eigenvalue weighted by Crippen LogP contribution is -2.63. The van der Waals surface area contributed by atoms with Gasteiger partial charge in [0.1, 0.15) is 5.75 Å². The van der Waals surface area contributed by atoms with Crippen LogP contribution >= 0.6 is 0 Å². The van der Waals surface area contributed by atoms with Gasteiger partial charge in [-0.3, -0.25) is 0 Å². The Hall–Kier alpha value is -1.06. The number of ether oxygens (including phenoxy) is 2. The summed E-state index contributed by atoms with van der Waals surface area (Å²) in [6.07, 6.45) is 3.44. The van der Waals surface area contributed by atoms with Crippen LogP contribution in [0.2, 0.25) is 0 Å². The summed E-state index contributed by atoms with van der Waals surface area (Å²) in [5.41, 5.74) is 1.35. The Labute approximate surface area is 114 Å². The van der Waals surface area contributed by atoms with Crippen LogP contribution in [-0.4, -0.2) is 31.5 Å². The monoisotopic (exact) mass is 262 g/mol. The minimum atomic E-state index is 0.0186. The summed E-state index contributed by atoms with van der Waals surface area (Å²) in [6, 6.07) is 8.35. The molecule has 1 aliphatic heterocycles. The van der Waals surface area contributed by atoms with E-state index in [9.17, 15) is 5.11 Å². The van der Waals surface area contributed by atoms with Gasteiger partial charge in [-0.25, -0.2) is 0 Å². The number of aliphatic hydroxyl groups is 1. The third kappa shape index (κ3) is 1.79. The van der Waals surface area contributed by atoms with Gasteiger partial charge < -0.3 is 14.6 Å². The molecular formula is C16H22O3. The van der Waals surface area contributed by atoms with Crippen molar-refractivity contribution in [3.63, 3.8) is 0 Å². The number of hydrogen-bond donors (Lipinski definition) is 1. The second kappa shape index (κ2) is 4.80. The molecule has 0 aromatic heterocycles. The normalized spacial score (nSPS) is 23.3. The quantitative estimate of drug-likeness (QED) is 0.886. The summed E-state index contributed by atoms with van der Waals surface area (Å²) in [4.78, 5) is 0. The van der Waals surface area contributed by atoms with Crippen molar-refractivity contribution in [3.8, 4) is 5.75 Å². The molecule has 3 rings (SSSR count). The summed E-state index contributed by atoms with van der Waals surface area (Å²) in [5, 5.41) is 9.86. The van der Waals surface area contributed by atoms with Gasteiger partial charge in [-0.15, -0.1) is 0 Å². The smallest absolute Gasteiger partial charge is 0.119 e. The lowest BCUT2D eigenvalue weighted by Gasteiger charge is -2.59. The van der Waals surface area contributed by atoms with E-state index in [1.54, 1.807) is 0 Å². The van der Waals surface area contributed by atoms with E-state index in [1.165, 1.54) is 12.0 Å². The molecule has 19 heavy (non-hydrogen) atoms. The molecular weight excluding hydrogens is 240 g/mol. The summed E-state index contributed by atoms with van der Waals surface area (Å²) in [6.45, 7) is 4.42. The molecule has 3 nitrogen and oxygen atoms in total. The average Bonchev–Trinajstić information content (AvgIpc) is 2.33. The second-order valence-electron chi connectivity index (χ2n) is 5.82. The SMILES string of the molecule is CCOc1ccc(C2(C3(CO)CCC3)COC2)cc1. The first-order valence-electron chi connectivity index (χ1n) is 7.18. The summed E-state index contributed by atoms with van der Waals surface area (Å²) in [7, 11) is 0. The molecule has 1 saturated carbocycles. The van der Waals surface area contributed by atoms with E-state index in [2.05, 4.69) is 12.1 Å². The van der Waals surface area contributed by atoms with Crippen LogP contribution in [0.15, 0.2) is 24.3 Å². The second-order valence-corrected chi connectivity index (χ2v) is 5.82. The highest BCUT2D eigenvalue weighted by atomic mass is 16.5. The highest BCUT2D eigenvalue weighted by Crippen LogP contribution is 2.58. The van der Waals surface area contributed by atoms with E-state index >= 15 is 0 Å². The molecule has 0 atom stereocenters. The third-order valence-electron chi connectivity index (χ3n) is 5.04. The van der Waals surface area contributed by atoms with Gasteiger partial charge in [0.05, 0.1) is 19.8 Å². The molecule has 1 aliphatic carbocycles. The molecule has 2 aliphatic rings. The van der Waals surface area contributed by atoms with Gasteiger partial charge in [0.15, 0.2) is 0 Å². The van der Waals surface area contributed by atoms with Crippen molar-refractivity contribution < 1.29 is 14.6 Å². The van der Waals surface area contributed by atoms with Gasteiger partial charge in [0.25, 0.3) is 0 Å². The average molecular weight is 262 g/mol. The van der Waals surface area contributed by atoms with Gasteiger partial charge in [-0.05, 0) is 37.5 Å². The van der Waals surface area contributed by atoms with Crippen LogP contribution in [-0.2, 0) is 10.2 Å². The Kier molecular flexibility index (Phi) is 3.27. The van der Waals surface area contributed by atoms with Gasteiger partial charge in [-0.2, -0.15) is 0 Å². The highest BCUT2D eigenvalue weighted by molar-refractivity contribution is 5.37. The van der Waals surface area contributed by atoms with Gasteiger partial charge in [0.2, 0.25) is 0 Å². The highest BCUT2D eigenvalue weighted by Gasteiger charge is 2.59. The molecule has 0 bridgehead atoms. The first-order valence-corrected chi connectivity index (χ1v) is 7.18. The fourth-order valence-corrected chi connectivity index (χ4v) is 3.51. The number of rotatable bonds is 5. The van der Waals surface area contributed by atoms with Crippen LogP contribution in [0.4, 0.5) is 0 Å². The van der Waals surface area contributed by atoms with Gasteiger partial charge in [-0.1, -0.05) is 18.6 Å². The number of benzene rings is 1. The summed E-state index contributed by atoms with van der Waals surface area (Å²) >= 11 is 0. The lowest BCUT2D eigenvalue weighted by atomic mass is 9.50. The zero-order chi connectivity index (χ0) is 13.3. The van der Waals surface area contributed by atoms with Gasteiger partial charge in [0, 0.05) is 17.4 Å². The standard InChI is InChI=1S/C16H22O3/c1-2-19-14-6-4-13(5-7-14)16(11-18-12-16)15(10-17)8-3-9-15/h4-7,17H,2-3,8-12H2,1H3. The molecule has 1 aromatic rings. The number of hydrogen-bond acceptors (Lipinski definition) is 3. The fourth-order valence-electron chi connectivity index (χ4n) is 3.51. The van der Waals surface area contributed by atoms with Crippen molar-refractivity contribution in [2.45, 2.75) is 31.6 Å². The predicted molar refractivity (Wildman–Crippen MR) is 73.5 cm³/mol. The zero-order valence-corrected chi connectivity index (χ0v) is 11.5. The Balaban J connectivity index is 1.89. The molecule has 0 spiro atoms. The Morgan fingerprint density at radius 1 is 1.21 bits per heavy atom. The van der Waals surface area contributed by atoms with Crippen LogP contribution in [0.5, 0.6) is 5.75 Å². The fraction of sp³-hybridized carbons (Fsp3) is 0.625. The van der Waals surface area contributed by atoms with E-state index < -0.39 is 0 Å². The molecule has 0 amide bonds. The van der Waals surface area contributed by atoms with Crippen LogP contribution in [0.3, 0.4) is 0 Å². The van der Waals surface area contributed by atoms with Gasteiger partial charge >= 0.3 is 0 Å². The summed E-state index contributed by atoms with van der Waals surface area (Å²) in [5.74, 6) is 0.910. The first kappa shape index (κ1) is 12.9. The van der Waals surface area contributed by atoms with Crippen molar-refractivity contribution in [2.24, 2.45) is 5.41 Å². The molecule has 1 heterocycles. The molecule has 1 aromatic carbocycles. The van der Waals surface area contributed by atoms with E-state index in [4.69, 9.17) is 9.47 Å². The van der Waals surface area contributed by atoms with E-state index in [0.717, 1.165) is 31.8 Å². The Morgan fingerprint density at radius 2 is 1.89 bits per heavy atom. The number of aliphatic hydroxyl groups excluding tert-OH is 1. The Morgan fingerprint density at radius 3 is 2.26 bits per heavy atom. The maximum absolute atomic E-state index is 9.86. The molecule has 1 saturated heterocycles. The molecule has 3 heteroatoms. The van der Waals surface area contributed by atoms with Crippen LogP contribution in [0, 0.1) is 5.41 Å². The van der Waals surface area contributed by atoms with Crippen molar-refractivity contribution in [1.29, 1.82) is 0 Å². The first-order chi connectivity index (χ1) is 9.26. The third-order valence-corrected chi connectivity index (χ3v) is 5.04. The summed E-state index contributed by atoms with van der Waals surface area (Å²) < 4.78 is 11.0. The maximum atomic E-state index is 9.86. The van der Waals surface area contributed by atoms with Crippen molar-refractivity contribution in [1.82, 2.24) is 0 Å². The molecule has 0 radical (unpaired) electrons. The van der Waals surface area contributed by atoms with Crippen LogP contribution in [0.1, 0.15) is 31.7 Å². The van der Waals surface area contributed by atoms with E-state index in [-0.39, 0.29) is 17.4 Å². The zero-order valence-electron chi connectivity index (χ0n) is 11.5. The topological polar surface area (TPSA) is 38.7 Å². The van der Waals surface area contributed by atoms with E-state index in [0.29, 0.717) is 6.61 Å². The van der Waals surface area contributed by atoms with Crippen LogP contribution in [0.25, 0.3) is 0 Å². The minimum absolute atomic E-state index is 0.0186. The van der Waals surface area contributed by atoms with Crippen molar-refractivity contribution in [3.05, 3.63) is 29.8 Å².